The van der Waals surface area contributed by atoms with E-state index in [1.54, 1.807) is 11.7 Å². The van der Waals surface area contributed by atoms with Gasteiger partial charge in [-0.3, -0.25) is 14.3 Å². The molecule has 0 saturated carbocycles. The van der Waals surface area contributed by atoms with Crippen LogP contribution in [0.25, 0.3) is 11.3 Å². The molecule has 1 aromatic carbocycles. The lowest BCUT2D eigenvalue weighted by Crippen LogP contribution is -2.42. The molecule has 1 amide bonds. The molecule has 0 aliphatic rings. The van der Waals surface area contributed by atoms with Crippen LogP contribution in [-0.2, 0) is 18.3 Å². The van der Waals surface area contributed by atoms with Gasteiger partial charge >= 0.3 is 5.97 Å². The Labute approximate surface area is 138 Å². The van der Waals surface area contributed by atoms with Crippen LogP contribution in [0.15, 0.2) is 24.4 Å². The highest BCUT2D eigenvalue weighted by Crippen LogP contribution is 2.24. The van der Waals surface area contributed by atoms with Crippen LogP contribution in [0, 0.1) is 5.82 Å². The minimum absolute atomic E-state index is 0.0790. The van der Waals surface area contributed by atoms with E-state index >= 15 is 0 Å². The van der Waals surface area contributed by atoms with Gasteiger partial charge in [0.15, 0.2) is 0 Å². The number of carboxylic acids is 1. The highest BCUT2D eigenvalue weighted by atomic mass is 19.1. The van der Waals surface area contributed by atoms with Crippen molar-refractivity contribution < 1.29 is 19.1 Å². The molecule has 0 aliphatic heterocycles. The van der Waals surface area contributed by atoms with Gasteiger partial charge in [0, 0.05) is 30.9 Å². The number of carbonyl (C=O) groups excluding carboxylic acids is 1. The van der Waals surface area contributed by atoms with E-state index in [2.05, 4.69) is 10.4 Å². The molecule has 0 unspecified atom stereocenters. The average Bonchev–Trinajstić information content (AvgIpc) is 2.92. The smallest absolute Gasteiger partial charge is 0.322 e. The number of nitrogens with zero attached hydrogens (tertiary/aromatic N) is 2. The maximum Gasteiger partial charge on any atom is 0.322 e. The molecule has 24 heavy (non-hydrogen) atoms. The fourth-order valence-corrected chi connectivity index (χ4v) is 2.29. The maximum absolute atomic E-state index is 13.9. The molecular formula is C16H19FN4O3. The predicted octanol–water partition coefficient (Wildman–Crippen LogP) is 0.930. The summed E-state index contributed by atoms with van der Waals surface area (Å²) in [4.78, 5) is 22.8. The molecule has 1 aromatic heterocycles. The first-order chi connectivity index (χ1) is 11.3. The Balaban J connectivity index is 2.28. The summed E-state index contributed by atoms with van der Waals surface area (Å²) in [6, 6.07) is 2.69. The van der Waals surface area contributed by atoms with Crippen molar-refractivity contribution in [2.45, 2.75) is 19.4 Å². The molecule has 0 spiro atoms. The van der Waals surface area contributed by atoms with Crippen LogP contribution in [0.4, 0.5) is 4.39 Å². The predicted molar refractivity (Wildman–Crippen MR) is 85.9 cm³/mol. The van der Waals surface area contributed by atoms with Crippen molar-refractivity contribution in [2.75, 3.05) is 6.54 Å². The number of carbonyl (C=O) groups is 2. The zero-order valence-electron chi connectivity index (χ0n) is 13.4. The number of nitrogens with one attached hydrogen (secondary N) is 1. The first kappa shape index (κ1) is 17.6. The van der Waals surface area contributed by atoms with Crippen LogP contribution in [0.2, 0.25) is 0 Å². The van der Waals surface area contributed by atoms with Gasteiger partial charge in [-0.1, -0.05) is 6.92 Å². The number of nitrogens with two attached hydrogens (primary N) is 1. The first-order valence-corrected chi connectivity index (χ1v) is 7.42. The van der Waals surface area contributed by atoms with Gasteiger partial charge in [0.25, 0.3) is 5.91 Å². The highest BCUT2D eigenvalue weighted by molar-refractivity contribution is 5.95. The largest absolute Gasteiger partial charge is 0.480 e. The van der Waals surface area contributed by atoms with Crippen molar-refractivity contribution in [1.29, 1.82) is 0 Å². The van der Waals surface area contributed by atoms with Crippen LogP contribution in [0.5, 0.6) is 0 Å². The molecule has 0 radical (unpaired) electrons. The van der Waals surface area contributed by atoms with Crippen molar-refractivity contribution in [3.8, 4) is 11.3 Å². The molecule has 2 aromatic rings. The summed E-state index contributed by atoms with van der Waals surface area (Å²) < 4.78 is 15.5. The number of hydrogen-bond donors (Lipinski definition) is 3. The van der Waals surface area contributed by atoms with E-state index < -0.39 is 23.7 Å². The summed E-state index contributed by atoms with van der Waals surface area (Å²) in [5, 5.41) is 15.4. The van der Waals surface area contributed by atoms with Gasteiger partial charge in [-0.2, -0.15) is 5.10 Å². The Bertz CT molecular complexity index is 773. The lowest BCUT2D eigenvalue weighted by molar-refractivity contribution is -0.138. The van der Waals surface area contributed by atoms with Crippen molar-refractivity contribution in [3.05, 3.63) is 41.3 Å². The number of aromatic nitrogens is 2. The van der Waals surface area contributed by atoms with E-state index in [-0.39, 0.29) is 12.1 Å². The second kappa shape index (κ2) is 7.22. The van der Waals surface area contributed by atoms with E-state index in [0.717, 1.165) is 11.6 Å². The third kappa shape index (κ3) is 3.96. The van der Waals surface area contributed by atoms with E-state index in [1.165, 1.54) is 12.1 Å². The lowest BCUT2D eigenvalue weighted by Gasteiger charge is -2.10. The molecule has 0 fully saturated rings. The molecule has 1 heterocycles. The van der Waals surface area contributed by atoms with Crippen molar-refractivity contribution in [3.63, 3.8) is 0 Å². The third-order valence-corrected chi connectivity index (χ3v) is 3.52. The van der Waals surface area contributed by atoms with E-state index in [0.29, 0.717) is 17.7 Å². The Kier molecular flexibility index (Phi) is 5.30. The van der Waals surface area contributed by atoms with Crippen LogP contribution in [-0.4, -0.2) is 39.4 Å². The minimum atomic E-state index is -1.23. The molecule has 4 N–H and O–H groups in total. The summed E-state index contributed by atoms with van der Waals surface area (Å²) in [5.74, 6) is -2.40. The van der Waals surface area contributed by atoms with Crippen LogP contribution >= 0.6 is 0 Å². The molecule has 0 saturated heterocycles. The van der Waals surface area contributed by atoms with Crippen LogP contribution in [0.3, 0.4) is 0 Å². The van der Waals surface area contributed by atoms with Crippen molar-refractivity contribution in [1.82, 2.24) is 15.1 Å². The summed E-state index contributed by atoms with van der Waals surface area (Å²) >= 11 is 0. The Morgan fingerprint density at radius 3 is 2.75 bits per heavy atom. The second-order valence-electron chi connectivity index (χ2n) is 5.41. The third-order valence-electron chi connectivity index (χ3n) is 3.52. The van der Waals surface area contributed by atoms with Gasteiger partial charge in [-0.25, -0.2) is 4.39 Å². The number of rotatable bonds is 6. The van der Waals surface area contributed by atoms with Gasteiger partial charge in [0.1, 0.15) is 11.9 Å². The zero-order chi connectivity index (χ0) is 17.9. The van der Waals surface area contributed by atoms with Gasteiger partial charge < -0.3 is 16.2 Å². The summed E-state index contributed by atoms with van der Waals surface area (Å²) in [6.07, 6.45) is 2.56. The molecule has 0 aliphatic carbocycles. The topological polar surface area (TPSA) is 110 Å². The zero-order valence-corrected chi connectivity index (χ0v) is 13.4. The van der Waals surface area contributed by atoms with E-state index in [9.17, 15) is 14.0 Å². The van der Waals surface area contributed by atoms with Crippen LogP contribution in [0.1, 0.15) is 22.8 Å². The number of benzene rings is 1. The number of halogens is 1. The van der Waals surface area contributed by atoms with Crippen molar-refractivity contribution >= 4 is 11.9 Å². The molecule has 2 rings (SSSR count). The molecule has 0 bridgehead atoms. The number of aliphatic carboxylic acids is 1. The molecule has 1 atom stereocenters. The Hall–Kier alpha value is -2.74. The fourth-order valence-electron chi connectivity index (χ4n) is 2.29. The van der Waals surface area contributed by atoms with Gasteiger partial charge in [-0.15, -0.1) is 0 Å². The molecule has 7 nitrogen and oxygen atoms in total. The number of aryl methyl sites for hydroxylation is 2. The molecular weight excluding hydrogens is 315 g/mol. The molecule has 128 valence electrons. The summed E-state index contributed by atoms with van der Waals surface area (Å²) in [7, 11) is 1.77. The van der Waals surface area contributed by atoms with Crippen molar-refractivity contribution in [2.24, 2.45) is 12.8 Å². The fraction of sp³-hybridized carbons (Fsp3) is 0.312. The second-order valence-corrected chi connectivity index (χ2v) is 5.41. The highest BCUT2D eigenvalue weighted by Gasteiger charge is 2.16. The minimum Gasteiger partial charge on any atom is -0.480 e. The van der Waals surface area contributed by atoms with E-state index in [4.69, 9.17) is 10.8 Å². The van der Waals surface area contributed by atoms with Crippen LogP contribution < -0.4 is 11.1 Å². The average molecular weight is 334 g/mol. The standard InChI is InChI=1S/C16H19FN4O3/c1-3-9-8-21(2)20-14(9)10-4-11(6-12(17)5-10)15(22)19-7-13(18)16(23)24/h4-6,8,13H,3,7,18H2,1-2H3,(H,19,22)(H,23,24)/t13-/m1/s1. The van der Waals surface area contributed by atoms with E-state index in [1.807, 2.05) is 13.1 Å². The summed E-state index contributed by atoms with van der Waals surface area (Å²) in [6.45, 7) is 1.71. The first-order valence-electron chi connectivity index (χ1n) is 7.42. The lowest BCUT2D eigenvalue weighted by atomic mass is 10.0. The monoisotopic (exact) mass is 334 g/mol. The van der Waals surface area contributed by atoms with Gasteiger partial charge in [-0.05, 0) is 30.2 Å². The molecule has 8 heteroatoms. The summed E-state index contributed by atoms with van der Waals surface area (Å²) in [5.41, 5.74) is 7.44. The Morgan fingerprint density at radius 2 is 2.12 bits per heavy atom. The SMILES string of the molecule is CCc1cn(C)nc1-c1cc(F)cc(C(=O)NC[C@@H](N)C(=O)O)c1. The normalized spacial score (nSPS) is 12.0. The number of amides is 1. The quantitative estimate of drug-likeness (QED) is 0.728. The maximum atomic E-state index is 13.9. The van der Waals surface area contributed by atoms with Gasteiger partial charge in [0.2, 0.25) is 0 Å². The Morgan fingerprint density at radius 1 is 1.42 bits per heavy atom. The van der Waals surface area contributed by atoms with Gasteiger partial charge in [0.05, 0.1) is 5.69 Å². The number of hydrogen-bond acceptors (Lipinski definition) is 4. The number of carboxylic acid groups (broad SMARTS) is 1.